The summed E-state index contributed by atoms with van der Waals surface area (Å²) in [6.45, 7) is 5.21. The van der Waals surface area contributed by atoms with Crippen LogP contribution >= 0.6 is 0 Å². The summed E-state index contributed by atoms with van der Waals surface area (Å²) in [5.74, 6) is -0.843. The molecule has 2 aromatic carbocycles. The minimum absolute atomic E-state index is 0.0143. The lowest BCUT2D eigenvalue weighted by molar-refractivity contribution is -0.140. The molecular weight excluding hydrogens is 462 g/mol. The first-order valence-corrected chi connectivity index (χ1v) is 11.8. The van der Waals surface area contributed by atoms with Crippen LogP contribution < -0.4 is 15.2 Å². The largest absolute Gasteiger partial charge is 0.507 e. The first-order valence-electron chi connectivity index (χ1n) is 11.8. The van der Waals surface area contributed by atoms with Crippen LogP contribution in [0.5, 0.6) is 11.5 Å². The molecule has 0 aliphatic carbocycles. The van der Waals surface area contributed by atoms with E-state index >= 15 is 0 Å². The van der Waals surface area contributed by atoms with E-state index in [1.165, 1.54) is 4.90 Å². The molecule has 192 valence electrons. The smallest absolute Gasteiger partial charge is 0.295 e. The summed E-state index contributed by atoms with van der Waals surface area (Å²) in [5.41, 5.74) is 6.17. The molecule has 3 N–H and O–H groups in total. The number of aliphatic hydroxyl groups is 1. The normalized spacial score (nSPS) is 17.2. The quantitative estimate of drug-likeness (QED) is 0.279. The van der Waals surface area contributed by atoms with Crippen LogP contribution in [0.25, 0.3) is 5.76 Å². The predicted octanol–water partition coefficient (Wildman–Crippen LogP) is 2.57. The molecule has 1 saturated heterocycles. The Morgan fingerprint density at radius 1 is 1.03 bits per heavy atom. The molecule has 1 heterocycles. The van der Waals surface area contributed by atoms with E-state index in [-0.39, 0.29) is 17.9 Å². The molecule has 1 atom stereocenters. The summed E-state index contributed by atoms with van der Waals surface area (Å²) >= 11 is 0. The first-order chi connectivity index (χ1) is 17.1. The summed E-state index contributed by atoms with van der Waals surface area (Å²) < 4.78 is 11.0. The van der Waals surface area contributed by atoms with Crippen molar-refractivity contribution in [1.82, 2.24) is 9.80 Å². The highest BCUT2D eigenvalue weighted by atomic mass is 16.5. The van der Waals surface area contributed by atoms with Crippen molar-refractivity contribution in [2.75, 3.05) is 40.4 Å². The fourth-order valence-electron chi connectivity index (χ4n) is 3.79. The van der Waals surface area contributed by atoms with Crippen molar-refractivity contribution < 1.29 is 29.0 Å². The van der Waals surface area contributed by atoms with Gasteiger partial charge in [-0.25, -0.2) is 0 Å². The molecule has 1 fully saturated rings. The number of carbonyl (C=O) groups excluding carboxylic acids is 3. The van der Waals surface area contributed by atoms with Gasteiger partial charge in [0.05, 0.1) is 18.2 Å². The Morgan fingerprint density at radius 2 is 1.61 bits per heavy atom. The first kappa shape index (κ1) is 26.7. The van der Waals surface area contributed by atoms with E-state index in [4.69, 9.17) is 15.2 Å². The van der Waals surface area contributed by atoms with Gasteiger partial charge in [0.25, 0.3) is 17.6 Å². The second-order valence-electron chi connectivity index (χ2n) is 9.35. The van der Waals surface area contributed by atoms with Crippen LogP contribution in [-0.2, 0) is 14.4 Å². The molecule has 3 rings (SSSR count). The summed E-state index contributed by atoms with van der Waals surface area (Å²) in [6.07, 6.45) is 0. The van der Waals surface area contributed by atoms with Crippen LogP contribution in [0.15, 0.2) is 54.1 Å². The highest BCUT2D eigenvalue weighted by Crippen LogP contribution is 2.39. The van der Waals surface area contributed by atoms with Crippen molar-refractivity contribution in [2.24, 2.45) is 11.7 Å². The van der Waals surface area contributed by atoms with Crippen molar-refractivity contribution in [3.63, 3.8) is 0 Å². The van der Waals surface area contributed by atoms with E-state index in [9.17, 15) is 19.5 Å². The average Bonchev–Trinajstić information content (AvgIpc) is 3.10. The molecule has 9 nitrogen and oxygen atoms in total. The third-order valence-corrected chi connectivity index (χ3v) is 5.62. The molecule has 1 unspecified atom stereocenters. The van der Waals surface area contributed by atoms with Gasteiger partial charge in [-0.1, -0.05) is 26.0 Å². The van der Waals surface area contributed by atoms with Crippen LogP contribution in [0.2, 0.25) is 0 Å². The Hall–Kier alpha value is -3.85. The Morgan fingerprint density at radius 3 is 2.17 bits per heavy atom. The van der Waals surface area contributed by atoms with Gasteiger partial charge in [0, 0.05) is 18.7 Å². The zero-order valence-electron chi connectivity index (χ0n) is 21.1. The van der Waals surface area contributed by atoms with E-state index < -0.39 is 23.6 Å². The number of likely N-dealkylation sites (N-methyl/N-ethyl adjacent to an activating group) is 1. The fraction of sp³-hybridized carbons (Fsp3) is 0.370. The number of amides is 2. The summed E-state index contributed by atoms with van der Waals surface area (Å²) in [4.78, 5) is 40.5. The van der Waals surface area contributed by atoms with Gasteiger partial charge in [-0.3, -0.25) is 14.4 Å². The second kappa shape index (κ2) is 11.7. The molecular formula is C27H33N3O6. The van der Waals surface area contributed by atoms with Gasteiger partial charge in [0.15, 0.2) is 6.61 Å². The number of aliphatic hydroxyl groups excluding tert-OH is 1. The summed E-state index contributed by atoms with van der Waals surface area (Å²) in [6, 6.07) is 12.6. The number of Topliss-reactive ketones (excluding diaryl/α,β-unsaturated/α-hetero) is 1. The molecule has 0 saturated carbocycles. The van der Waals surface area contributed by atoms with Crippen LogP contribution in [0.4, 0.5) is 0 Å². The molecule has 1 aliphatic rings. The fourth-order valence-corrected chi connectivity index (χ4v) is 3.79. The van der Waals surface area contributed by atoms with Crippen molar-refractivity contribution in [3.05, 3.63) is 65.2 Å². The zero-order chi connectivity index (χ0) is 26.4. The van der Waals surface area contributed by atoms with Gasteiger partial charge in [0.2, 0.25) is 0 Å². The standard InChI is InChI=1S/C27H33N3O6/c1-17(2)15-35-20-11-7-19(8-12-20)25(32)23-24(30(14-13-29(3)4)27(34)26(23)33)18-5-9-21(10-6-18)36-16-22(28)31/h5-12,17,24,32H,13-16H2,1-4H3,(H2,28,31)/b25-23+. The van der Waals surface area contributed by atoms with E-state index in [1.54, 1.807) is 48.5 Å². The number of ether oxygens (including phenoxy) is 2. The lowest BCUT2D eigenvalue weighted by atomic mass is 9.95. The molecule has 1 aliphatic heterocycles. The molecule has 2 amide bonds. The molecule has 0 aromatic heterocycles. The third-order valence-electron chi connectivity index (χ3n) is 5.62. The minimum Gasteiger partial charge on any atom is -0.507 e. The number of nitrogens with two attached hydrogens (primary N) is 1. The van der Waals surface area contributed by atoms with Crippen molar-refractivity contribution >= 4 is 23.4 Å². The molecule has 0 bridgehead atoms. The maximum atomic E-state index is 13.1. The monoisotopic (exact) mass is 495 g/mol. The number of hydrogen-bond acceptors (Lipinski definition) is 7. The van der Waals surface area contributed by atoms with Gasteiger partial charge in [0.1, 0.15) is 17.3 Å². The number of benzene rings is 2. The average molecular weight is 496 g/mol. The van der Waals surface area contributed by atoms with Gasteiger partial charge in [-0.2, -0.15) is 0 Å². The van der Waals surface area contributed by atoms with Gasteiger partial charge < -0.3 is 30.1 Å². The van der Waals surface area contributed by atoms with E-state index in [2.05, 4.69) is 0 Å². The molecule has 2 aromatic rings. The topological polar surface area (TPSA) is 122 Å². The van der Waals surface area contributed by atoms with Crippen molar-refractivity contribution in [2.45, 2.75) is 19.9 Å². The van der Waals surface area contributed by atoms with Crippen LogP contribution in [0.3, 0.4) is 0 Å². The number of carbonyl (C=O) groups is 3. The number of ketones is 1. The Kier molecular flexibility index (Phi) is 8.71. The third kappa shape index (κ3) is 6.42. The molecule has 0 radical (unpaired) electrons. The lowest BCUT2D eigenvalue weighted by Gasteiger charge is -2.26. The maximum Gasteiger partial charge on any atom is 0.295 e. The number of primary amides is 1. The SMILES string of the molecule is CC(C)COc1ccc(/C(O)=C2\C(=O)C(=O)N(CCN(C)C)C2c2ccc(OCC(N)=O)cc2)cc1. The van der Waals surface area contributed by atoms with Crippen LogP contribution in [0, 0.1) is 5.92 Å². The Balaban J connectivity index is 1.99. The summed E-state index contributed by atoms with van der Waals surface area (Å²) in [7, 11) is 3.75. The Bertz CT molecular complexity index is 1120. The highest BCUT2D eigenvalue weighted by Gasteiger charge is 2.45. The van der Waals surface area contributed by atoms with Crippen molar-refractivity contribution in [1.29, 1.82) is 0 Å². The second-order valence-corrected chi connectivity index (χ2v) is 9.35. The molecule has 9 heteroatoms. The van der Waals surface area contributed by atoms with Crippen molar-refractivity contribution in [3.8, 4) is 11.5 Å². The molecule has 0 spiro atoms. The maximum absolute atomic E-state index is 13.1. The lowest BCUT2D eigenvalue weighted by Crippen LogP contribution is -2.35. The molecule has 36 heavy (non-hydrogen) atoms. The van der Waals surface area contributed by atoms with Gasteiger partial charge in [-0.15, -0.1) is 0 Å². The van der Waals surface area contributed by atoms with Crippen LogP contribution in [-0.4, -0.2) is 72.9 Å². The predicted molar refractivity (Wildman–Crippen MR) is 135 cm³/mol. The number of nitrogens with zero attached hydrogens (tertiary/aromatic N) is 2. The van der Waals surface area contributed by atoms with Crippen LogP contribution in [0.1, 0.15) is 31.0 Å². The van der Waals surface area contributed by atoms with Gasteiger partial charge in [-0.05, 0) is 62.0 Å². The summed E-state index contributed by atoms with van der Waals surface area (Å²) in [5, 5.41) is 11.2. The number of likely N-dealkylation sites (tertiary alicyclic amines) is 1. The Labute approximate surface area is 211 Å². The number of hydrogen-bond donors (Lipinski definition) is 2. The van der Waals surface area contributed by atoms with E-state index in [0.29, 0.717) is 48.2 Å². The van der Waals surface area contributed by atoms with E-state index in [1.807, 2.05) is 32.8 Å². The number of rotatable bonds is 11. The van der Waals surface area contributed by atoms with Gasteiger partial charge >= 0.3 is 0 Å². The highest BCUT2D eigenvalue weighted by molar-refractivity contribution is 6.46. The minimum atomic E-state index is -0.785. The zero-order valence-corrected chi connectivity index (χ0v) is 21.1. The van der Waals surface area contributed by atoms with E-state index in [0.717, 1.165) is 0 Å².